The molecule has 0 radical (unpaired) electrons. The number of imide groups is 1. The zero-order valence-corrected chi connectivity index (χ0v) is 13.4. The third kappa shape index (κ3) is 6.40. The summed E-state index contributed by atoms with van der Waals surface area (Å²) < 4.78 is 0. The summed E-state index contributed by atoms with van der Waals surface area (Å²) in [6.07, 6.45) is 0. The molecule has 5 heteroatoms. The van der Waals surface area contributed by atoms with Crippen LogP contribution in [-0.2, 0) is 11.3 Å². The zero-order valence-electron chi connectivity index (χ0n) is 13.4. The molecule has 0 aliphatic rings. The van der Waals surface area contributed by atoms with Crippen LogP contribution in [-0.4, -0.2) is 35.5 Å². The number of urea groups is 1. The number of rotatable bonds is 4. The van der Waals surface area contributed by atoms with Gasteiger partial charge in [0, 0.05) is 12.1 Å². The maximum atomic E-state index is 12.1. The summed E-state index contributed by atoms with van der Waals surface area (Å²) in [5.74, 6) is -0.310. The molecule has 1 unspecified atom stereocenters. The van der Waals surface area contributed by atoms with Gasteiger partial charge in [0.1, 0.15) is 0 Å². The monoisotopic (exact) mass is 291 g/mol. The molecule has 0 saturated carbocycles. The van der Waals surface area contributed by atoms with Crippen LogP contribution in [0, 0.1) is 0 Å². The lowest BCUT2D eigenvalue weighted by Gasteiger charge is -2.25. The third-order valence-corrected chi connectivity index (χ3v) is 3.04. The Hall–Kier alpha value is -1.88. The van der Waals surface area contributed by atoms with Crippen LogP contribution < -0.4 is 10.6 Å². The molecular formula is C16H25N3O2. The van der Waals surface area contributed by atoms with Gasteiger partial charge in [-0.2, -0.15) is 0 Å². The van der Waals surface area contributed by atoms with Gasteiger partial charge >= 0.3 is 6.03 Å². The molecule has 0 aromatic heterocycles. The van der Waals surface area contributed by atoms with E-state index in [9.17, 15) is 9.59 Å². The second-order valence-electron chi connectivity index (χ2n) is 6.27. The first-order valence-electron chi connectivity index (χ1n) is 7.06. The van der Waals surface area contributed by atoms with Crippen LogP contribution in [0.3, 0.4) is 0 Å². The van der Waals surface area contributed by atoms with Gasteiger partial charge in [0.15, 0.2) is 0 Å². The van der Waals surface area contributed by atoms with Gasteiger partial charge in [0.05, 0.1) is 6.04 Å². The fourth-order valence-corrected chi connectivity index (χ4v) is 1.80. The number of amides is 3. The molecule has 2 N–H and O–H groups in total. The first kappa shape index (κ1) is 17.2. The molecule has 1 atom stereocenters. The van der Waals surface area contributed by atoms with Crippen molar-refractivity contribution >= 4 is 11.9 Å². The highest BCUT2D eigenvalue weighted by Crippen LogP contribution is 2.06. The predicted octanol–water partition coefficient (Wildman–Crippen LogP) is 2.13. The van der Waals surface area contributed by atoms with Gasteiger partial charge in [-0.25, -0.2) is 4.79 Å². The van der Waals surface area contributed by atoms with E-state index < -0.39 is 12.1 Å². The first-order valence-corrected chi connectivity index (χ1v) is 7.06. The molecule has 1 aromatic carbocycles. The third-order valence-electron chi connectivity index (χ3n) is 3.04. The number of carbonyl (C=O) groups is 2. The Labute approximate surface area is 126 Å². The topological polar surface area (TPSA) is 61.4 Å². The van der Waals surface area contributed by atoms with Gasteiger partial charge < -0.3 is 5.32 Å². The summed E-state index contributed by atoms with van der Waals surface area (Å²) in [5, 5.41) is 5.08. The Morgan fingerprint density at radius 3 is 2.29 bits per heavy atom. The van der Waals surface area contributed by atoms with Crippen molar-refractivity contribution < 1.29 is 9.59 Å². The molecule has 116 valence electrons. The predicted molar refractivity (Wildman–Crippen MR) is 83.8 cm³/mol. The van der Waals surface area contributed by atoms with Crippen molar-refractivity contribution in [3.8, 4) is 0 Å². The molecule has 21 heavy (non-hydrogen) atoms. The average Bonchev–Trinajstić information content (AvgIpc) is 2.36. The SMILES string of the molecule is CC(C(=O)NC(=O)NC(C)(C)C)N(C)Cc1ccccc1. The van der Waals surface area contributed by atoms with E-state index in [-0.39, 0.29) is 11.4 Å². The second kappa shape index (κ2) is 7.22. The van der Waals surface area contributed by atoms with Crippen molar-refractivity contribution in [3.63, 3.8) is 0 Å². The van der Waals surface area contributed by atoms with Gasteiger partial charge in [0.2, 0.25) is 5.91 Å². The number of hydrogen-bond acceptors (Lipinski definition) is 3. The van der Waals surface area contributed by atoms with Crippen molar-refractivity contribution in [2.45, 2.75) is 45.8 Å². The Balaban J connectivity index is 2.52. The lowest BCUT2D eigenvalue weighted by molar-refractivity contribution is -0.124. The number of benzene rings is 1. The van der Waals surface area contributed by atoms with Crippen molar-refractivity contribution in [1.82, 2.24) is 15.5 Å². The normalized spacial score (nSPS) is 12.9. The lowest BCUT2D eigenvalue weighted by Crippen LogP contribution is -2.52. The van der Waals surface area contributed by atoms with Gasteiger partial charge in [-0.05, 0) is 40.3 Å². The van der Waals surface area contributed by atoms with E-state index in [1.54, 1.807) is 6.92 Å². The molecule has 0 aliphatic carbocycles. The summed E-state index contributed by atoms with van der Waals surface area (Å²) in [6.45, 7) is 8.02. The van der Waals surface area contributed by atoms with Crippen LogP contribution in [0.25, 0.3) is 0 Å². The largest absolute Gasteiger partial charge is 0.333 e. The number of nitrogens with one attached hydrogen (secondary N) is 2. The number of nitrogens with zero attached hydrogens (tertiary/aromatic N) is 1. The maximum absolute atomic E-state index is 12.1. The molecular weight excluding hydrogens is 266 g/mol. The van der Waals surface area contributed by atoms with E-state index in [1.807, 2.05) is 63.1 Å². The molecule has 0 saturated heterocycles. The van der Waals surface area contributed by atoms with Crippen LogP contribution in [0.1, 0.15) is 33.3 Å². The van der Waals surface area contributed by atoms with Crippen LogP contribution >= 0.6 is 0 Å². The second-order valence-corrected chi connectivity index (χ2v) is 6.27. The minimum atomic E-state index is -0.465. The summed E-state index contributed by atoms with van der Waals surface area (Å²) in [5.41, 5.74) is 0.752. The van der Waals surface area contributed by atoms with Gasteiger partial charge in [-0.3, -0.25) is 15.0 Å². The van der Waals surface area contributed by atoms with Crippen LogP contribution in [0.15, 0.2) is 30.3 Å². The molecule has 0 spiro atoms. The quantitative estimate of drug-likeness (QED) is 0.893. The Morgan fingerprint density at radius 2 is 1.76 bits per heavy atom. The smallest absolute Gasteiger partial charge is 0.321 e. The highest BCUT2D eigenvalue weighted by Gasteiger charge is 2.22. The van der Waals surface area contributed by atoms with E-state index in [0.717, 1.165) is 5.56 Å². The van der Waals surface area contributed by atoms with E-state index in [0.29, 0.717) is 6.54 Å². The highest BCUT2D eigenvalue weighted by atomic mass is 16.2. The molecule has 3 amide bonds. The molecule has 0 aliphatic heterocycles. The van der Waals surface area contributed by atoms with E-state index in [2.05, 4.69) is 10.6 Å². The molecule has 5 nitrogen and oxygen atoms in total. The first-order chi connectivity index (χ1) is 9.69. The molecule has 1 aromatic rings. The number of hydrogen-bond donors (Lipinski definition) is 2. The minimum absolute atomic E-state index is 0.310. The van der Waals surface area contributed by atoms with Crippen molar-refractivity contribution in [3.05, 3.63) is 35.9 Å². The molecule has 0 bridgehead atoms. The van der Waals surface area contributed by atoms with Gasteiger partial charge in [-0.1, -0.05) is 30.3 Å². The summed E-state index contributed by atoms with van der Waals surface area (Å²) in [7, 11) is 1.86. The lowest BCUT2D eigenvalue weighted by atomic mass is 10.1. The number of likely N-dealkylation sites (N-methyl/N-ethyl adjacent to an activating group) is 1. The fourth-order valence-electron chi connectivity index (χ4n) is 1.80. The van der Waals surface area contributed by atoms with Gasteiger partial charge in [0.25, 0.3) is 0 Å². The van der Waals surface area contributed by atoms with Crippen molar-refractivity contribution in [1.29, 1.82) is 0 Å². The van der Waals surface area contributed by atoms with E-state index >= 15 is 0 Å². The molecule has 1 rings (SSSR count). The summed E-state index contributed by atoms with van der Waals surface area (Å²) >= 11 is 0. The minimum Gasteiger partial charge on any atom is -0.333 e. The molecule has 0 heterocycles. The Morgan fingerprint density at radius 1 is 1.19 bits per heavy atom. The van der Waals surface area contributed by atoms with Crippen molar-refractivity contribution in [2.75, 3.05) is 7.05 Å². The van der Waals surface area contributed by atoms with Crippen LogP contribution in [0.5, 0.6) is 0 Å². The fraction of sp³-hybridized carbons (Fsp3) is 0.500. The zero-order chi connectivity index (χ0) is 16.0. The maximum Gasteiger partial charge on any atom is 0.321 e. The summed E-state index contributed by atoms with van der Waals surface area (Å²) in [4.78, 5) is 25.6. The summed E-state index contributed by atoms with van der Waals surface area (Å²) in [6, 6.07) is 9.04. The Bertz CT molecular complexity index is 480. The van der Waals surface area contributed by atoms with Crippen LogP contribution in [0.4, 0.5) is 4.79 Å². The number of carbonyl (C=O) groups excluding carboxylic acids is 2. The van der Waals surface area contributed by atoms with Crippen molar-refractivity contribution in [2.24, 2.45) is 0 Å². The average molecular weight is 291 g/mol. The van der Waals surface area contributed by atoms with Crippen LogP contribution in [0.2, 0.25) is 0 Å². The highest BCUT2D eigenvalue weighted by molar-refractivity contribution is 5.96. The molecule has 0 fully saturated rings. The van der Waals surface area contributed by atoms with E-state index in [1.165, 1.54) is 0 Å². The standard InChI is InChI=1S/C16H25N3O2/c1-12(14(20)17-15(21)18-16(2,3)4)19(5)11-13-9-7-6-8-10-13/h6-10,12H,11H2,1-5H3,(H2,17,18,20,21). The van der Waals surface area contributed by atoms with Gasteiger partial charge in [-0.15, -0.1) is 0 Å². The van der Waals surface area contributed by atoms with E-state index in [4.69, 9.17) is 0 Å². The Kier molecular flexibility index (Phi) is 5.90.